The van der Waals surface area contributed by atoms with Gasteiger partial charge >= 0.3 is 5.97 Å². The minimum Gasteiger partial charge on any atom is -0.481 e. The highest BCUT2D eigenvalue weighted by Crippen LogP contribution is 2.24. The van der Waals surface area contributed by atoms with Crippen molar-refractivity contribution in [2.24, 2.45) is 0 Å². The summed E-state index contributed by atoms with van der Waals surface area (Å²) in [4.78, 5) is 13.2. The van der Waals surface area contributed by atoms with E-state index in [1.54, 1.807) is 0 Å². The lowest BCUT2D eigenvalue weighted by Crippen LogP contribution is -2.46. The Bertz CT molecular complexity index is 507. The number of rotatable bonds is 5. The highest BCUT2D eigenvalue weighted by atomic mass is 19.1. The number of carboxylic acid groups (broad SMARTS) is 1. The summed E-state index contributed by atoms with van der Waals surface area (Å²) in [6.45, 7) is 2.88. The molecule has 0 aromatic heterocycles. The van der Waals surface area contributed by atoms with Gasteiger partial charge in [-0.3, -0.25) is 9.69 Å². The van der Waals surface area contributed by atoms with Crippen molar-refractivity contribution in [3.05, 3.63) is 35.4 Å². The van der Waals surface area contributed by atoms with E-state index in [2.05, 4.69) is 11.8 Å². The van der Waals surface area contributed by atoms with Gasteiger partial charge in [-0.25, -0.2) is 8.78 Å². The Morgan fingerprint density at radius 1 is 1.43 bits per heavy atom. The fraction of sp³-hybridized carbons (Fsp3) is 0.562. The quantitative estimate of drug-likeness (QED) is 0.907. The zero-order valence-electron chi connectivity index (χ0n) is 12.2. The van der Waals surface area contributed by atoms with Gasteiger partial charge in [0.15, 0.2) is 0 Å². The maximum atomic E-state index is 13.8. The first-order valence-corrected chi connectivity index (χ1v) is 7.39. The highest BCUT2D eigenvalue weighted by molar-refractivity contribution is 5.67. The largest absolute Gasteiger partial charge is 0.481 e. The third-order valence-electron chi connectivity index (χ3n) is 4.20. The van der Waals surface area contributed by atoms with Crippen molar-refractivity contribution in [3.8, 4) is 0 Å². The number of nitrogens with zero attached hydrogens (tertiary/aromatic N) is 1. The second kappa shape index (κ2) is 6.98. The van der Waals surface area contributed by atoms with Gasteiger partial charge < -0.3 is 5.11 Å². The van der Waals surface area contributed by atoms with Crippen LogP contribution in [0.3, 0.4) is 0 Å². The first-order valence-electron chi connectivity index (χ1n) is 7.39. The molecule has 0 saturated carbocycles. The van der Waals surface area contributed by atoms with E-state index in [0.717, 1.165) is 37.9 Å². The normalized spacial score (nSPS) is 21.2. The van der Waals surface area contributed by atoms with Crippen LogP contribution in [0.2, 0.25) is 0 Å². The summed E-state index contributed by atoms with van der Waals surface area (Å²) < 4.78 is 27.1. The molecule has 1 aliphatic heterocycles. The first kappa shape index (κ1) is 15.9. The molecule has 1 N–H and O–H groups in total. The van der Waals surface area contributed by atoms with Crippen LogP contribution in [0.15, 0.2) is 18.2 Å². The lowest BCUT2D eigenvalue weighted by Gasteiger charge is -2.39. The third-order valence-corrected chi connectivity index (χ3v) is 4.20. The summed E-state index contributed by atoms with van der Waals surface area (Å²) in [5.41, 5.74) is 0.249. The molecular formula is C16H21F2NO2. The molecule has 0 amide bonds. The Balaban J connectivity index is 2.19. The number of hydrogen-bond acceptors (Lipinski definition) is 2. The van der Waals surface area contributed by atoms with Gasteiger partial charge in [-0.05, 0) is 56.5 Å². The summed E-state index contributed by atoms with van der Waals surface area (Å²) in [5, 5.41) is 9.11. The maximum absolute atomic E-state index is 13.8. The van der Waals surface area contributed by atoms with Crippen LogP contribution >= 0.6 is 0 Å². The van der Waals surface area contributed by atoms with E-state index >= 15 is 0 Å². The highest BCUT2D eigenvalue weighted by Gasteiger charge is 2.28. The molecule has 1 heterocycles. The van der Waals surface area contributed by atoms with Gasteiger partial charge in [-0.2, -0.15) is 0 Å². The number of piperidine rings is 1. The Labute approximate surface area is 123 Å². The molecule has 2 atom stereocenters. The van der Waals surface area contributed by atoms with E-state index in [4.69, 9.17) is 5.11 Å². The minimum atomic E-state index is -0.908. The van der Waals surface area contributed by atoms with Gasteiger partial charge in [0.25, 0.3) is 0 Å². The van der Waals surface area contributed by atoms with Crippen LogP contribution in [0.1, 0.15) is 38.2 Å². The van der Waals surface area contributed by atoms with Crippen LogP contribution in [0, 0.1) is 11.6 Å². The van der Waals surface area contributed by atoms with E-state index in [0.29, 0.717) is 0 Å². The van der Waals surface area contributed by atoms with Gasteiger partial charge in [-0.15, -0.1) is 0 Å². The molecule has 5 heteroatoms. The summed E-state index contributed by atoms with van der Waals surface area (Å²) in [6, 6.07) is 3.32. The third kappa shape index (κ3) is 4.24. The summed E-state index contributed by atoms with van der Waals surface area (Å²) in [7, 11) is 0. The number of likely N-dealkylation sites (tertiary alicyclic amines) is 1. The lowest BCUT2D eigenvalue weighted by atomic mass is 9.95. The molecular weight excluding hydrogens is 276 g/mol. The van der Waals surface area contributed by atoms with Crippen LogP contribution < -0.4 is 0 Å². The Hall–Kier alpha value is -1.49. The molecule has 0 radical (unpaired) electrons. The van der Waals surface area contributed by atoms with Crippen molar-refractivity contribution in [1.82, 2.24) is 4.90 Å². The zero-order chi connectivity index (χ0) is 15.4. The Kier molecular flexibility index (Phi) is 5.28. The van der Waals surface area contributed by atoms with Crippen LogP contribution in [-0.2, 0) is 11.2 Å². The van der Waals surface area contributed by atoms with Crippen molar-refractivity contribution >= 4 is 5.97 Å². The van der Waals surface area contributed by atoms with Crippen LogP contribution in [0.25, 0.3) is 0 Å². The molecule has 1 fully saturated rings. The summed E-state index contributed by atoms with van der Waals surface area (Å²) in [6.07, 6.45) is 3.33. The standard InChI is InChI=1S/C16H21F2NO2/c1-11-4-2-3-7-19(11)14(10-16(20)21)9-12-8-13(17)5-6-15(12)18/h5-6,8,11,14H,2-4,7,9-10H2,1H3,(H,20,21). The van der Waals surface area contributed by atoms with Gasteiger partial charge in [-0.1, -0.05) is 6.42 Å². The average molecular weight is 297 g/mol. The molecule has 0 aliphatic carbocycles. The Morgan fingerprint density at radius 2 is 2.19 bits per heavy atom. The lowest BCUT2D eigenvalue weighted by molar-refractivity contribution is -0.138. The summed E-state index contributed by atoms with van der Waals surface area (Å²) in [5.74, 6) is -1.88. The number of benzene rings is 1. The summed E-state index contributed by atoms with van der Waals surface area (Å²) >= 11 is 0. The number of halogens is 2. The second-order valence-corrected chi connectivity index (χ2v) is 5.77. The molecule has 2 unspecified atom stereocenters. The molecule has 21 heavy (non-hydrogen) atoms. The topological polar surface area (TPSA) is 40.5 Å². The molecule has 2 rings (SSSR count). The maximum Gasteiger partial charge on any atom is 0.304 e. The zero-order valence-corrected chi connectivity index (χ0v) is 12.2. The molecule has 0 bridgehead atoms. The van der Waals surface area contributed by atoms with Gasteiger partial charge in [0.2, 0.25) is 0 Å². The van der Waals surface area contributed by atoms with Crippen molar-refractivity contribution < 1.29 is 18.7 Å². The van der Waals surface area contributed by atoms with Crippen molar-refractivity contribution in [2.75, 3.05) is 6.54 Å². The molecule has 1 aliphatic rings. The number of carbonyl (C=O) groups is 1. The van der Waals surface area contributed by atoms with E-state index in [-0.39, 0.29) is 30.5 Å². The van der Waals surface area contributed by atoms with Crippen molar-refractivity contribution in [1.29, 1.82) is 0 Å². The van der Waals surface area contributed by atoms with Gasteiger partial charge in [0, 0.05) is 12.1 Å². The fourth-order valence-electron chi connectivity index (χ4n) is 3.12. The molecule has 1 saturated heterocycles. The number of carboxylic acids is 1. The van der Waals surface area contributed by atoms with Crippen LogP contribution in [0.5, 0.6) is 0 Å². The van der Waals surface area contributed by atoms with Crippen LogP contribution in [-0.4, -0.2) is 34.6 Å². The molecule has 0 spiro atoms. The predicted molar refractivity (Wildman–Crippen MR) is 76.1 cm³/mol. The van der Waals surface area contributed by atoms with Gasteiger partial charge in [0.05, 0.1) is 6.42 Å². The SMILES string of the molecule is CC1CCCCN1C(CC(=O)O)Cc1cc(F)ccc1F. The van der Waals surface area contributed by atoms with E-state index < -0.39 is 17.6 Å². The molecule has 3 nitrogen and oxygen atoms in total. The van der Waals surface area contributed by atoms with E-state index in [9.17, 15) is 13.6 Å². The number of aliphatic carboxylic acids is 1. The smallest absolute Gasteiger partial charge is 0.304 e. The molecule has 1 aromatic carbocycles. The van der Waals surface area contributed by atoms with Crippen molar-refractivity contribution in [3.63, 3.8) is 0 Å². The number of hydrogen-bond donors (Lipinski definition) is 1. The monoisotopic (exact) mass is 297 g/mol. The average Bonchev–Trinajstić information content (AvgIpc) is 2.42. The van der Waals surface area contributed by atoms with Crippen molar-refractivity contribution in [2.45, 2.75) is 51.1 Å². The minimum absolute atomic E-state index is 0.0553. The van der Waals surface area contributed by atoms with E-state index in [1.807, 2.05) is 0 Å². The predicted octanol–water partition coefficient (Wildman–Crippen LogP) is 3.23. The molecule has 116 valence electrons. The molecule has 1 aromatic rings. The second-order valence-electron chi connectivity index (χ2n) is 5.77. The van der Waals surface area contributed by atoms with Gasteiger partial charge in [0.1, 0.15) is 11.6 Å². The van der Waals surface area contributed by atoms with E-state index in [1.165, 1.54) is 6.07 Å². The Morgan fingerprint density at radius 3 is 2.86 bits per heavy atom. The fourth-order valence-corrected chi connectivity index (χ4v) is 3.12. The first-order chi connectivity index (χ1) is 9.97. The van der Waals surface area contributed by atoms with Crippen LogP contribution in [0.4, 0.5) is 8.78 Å².